The van der Waals surface area contributed by atoms with Crippen LogP contribution < -0.4 is 10.6 Å². The molecule has 1 saturated heterocycles. The summed E-state index contributed by atoms with van der Waals surface area (Å²) in [6, 6.07) is 0. The molecule has 2 heterocycles. The van der Waals surface area contributed by atoms with Gasteiger partial charge >= 0.3 is 0 Å². The Labute approximate surface area is 157 Å². The van der Waals surface area contributed by atoms with E-state index in [1.165, 1.54) is 63.0 Å². The summed E-state index contributed by atoms with van der Waals surface area (Å²) in [4.78, 5) is 13.1. The molecule has 0 amide bonds. The summed E-state index contributed by atoms with van der Waals surface area (Å²) in [6.07, 6.45) is 8.01. The fourth-order valence-electron chi connectivity index (χ4n) is 3.24. The van der Waals surface area contributed by atoms with Crippen LogP contribution in [-0.2, 0) is 6.54 Å². The van der Waals surface area contributed by atoms with Crippen LogP contribution in [0.4, 0.5) is 0 Å². The molecule has 0 saturated carbocycles. The van der Waals surface area contributed by atoms with Gasteiger partial charge in [-0.2, -0.15) is 0 Å². The Bertz CT molecular complexity index is 520. The highest BCUT2D eigenvalue weighted by Gasteiger charge is 2.09. The van der Waals surface area contributed by atoms with E-state index in [9.17, 15) is 0 Å². The number of aromatic nitrogens is 1. The molecule has 0 unspecified atom stereocenters. The molecule has 2 N–H and O–H groups in total. The molecule has 1 aromatic rings. The van der Waals surface area contributed by atoms with Crippen LogP contribution in [0.3, 0.4) is 0 Å². The van der Waals surface area contributed by atoms with E-state index in [2.05, 4.69) is 41.3 Å². The van der Waals surface area contributed by atoms with E-state index in [0.717, 1.165) is 29.8 Å². The van der Waals surface area contributed by atoms with E-state index in [1.807, 2.05) is 0 Å². The maximum Gasteiger partial charge on any atom is 0.191 e. The highest BCUT2D eigenvalue weighted by Crippen LogP contribution is 2.17. The number of aliphatic imine (C=N–C) groups is 1. The molecule has 142 valence electrons. The minimum absolute atomic E-state index is 0.710. The van der Waals surface area contributed by atoms with Crippen LogP contribution >= 0.6 is 11.3 Å². The van der Waals surface area contributed by atoms with Crippen molar-refractivity contribution in [1.82, 2.24) is 20.5 Å². The number of unbranched alkanes of at least 4 members (excludes halogenated alkanes) is 2. The zero-order valence-electron chi connectivity index (χ0n) is 16.2. The van der Waals surface area contributed by atoms with Crippen LogP contribution in [0.5, 0.6) is 0 Å². The third-order valence-electron chi connectivity index (χ3n) is 4.62. The van der Waals surface area contributed by atoms with Gasteiger partial charge in [-0.3, -0.25) is 0 Å². The van der Waals surface area contributed by atoms with Crippen molar-refractivity contribution in [2.75, 3.05) is 32.7 Å². The number of aryl methyl sites for hydroxylation is 2. The van der Waals surface area contributed by atoms with Crippen LogP contribution in [-0.4, -0.2) is 48.6 Å². The Hall–Kier alpha value is -1.14. The van der Waals surface area contributed by atoms with E-state index < -0.39 is 0 Å². The van der Waals surface area contributed by atoms with Gasteiger partial charge in [0.25, 0.3) is 0 Å². The molecule has 0 spiro atoms. The Morgan fingerprint density at radius 2 is 1.92 bits per heavy atom. The van der Waals surface area contributed by atoms with Crippen molar-refractivity contribution in [3.8, 4) is 0 Å². The van der Waals surface area contributed by atoms with Crippen molar-refractivity contribution in [3.63, 3.8) is 0 Å². The van der Waals surface area contributed by atoms with Crippen LogP contribution in [0, 0.1) is 13.8 Å². The van der Waals surface area contributed by atoms with Crippen LogP contribution in [0.15, 0.2) is 4.99 Å². The first-order valence-corrected chi connectivity index (χ1v) is 10.7. The Balaban J connectivity index is 1.63. The van der Waals surface area contributed by atoms with Gasteiger partial charge in [0, 0.05) is 18.0 Å². The first kappa shape index (κ1) is 20.2. The highest BCUT2D eigenvalue weighted by atomic mass is 32.1. The second-order valence-corrected chi connectivity index (χ2v) is 8.11. The van der Waals surface area contributed by atoms with E-state index in [0.29, 0.717) is 6.54 Å². The van der Waals surface area contributed by atoms with Crippen molar-refractivity contribution in [1.29, 1.82) is 0 Å². The van der Waals surface area contributed by atoms with Gasteiger partial charge in [-0.25, -0.2) is 9.98 Å². The Kier molecular flexibility index (Phi) is 9.26. The smallest absolute Gasteiger partial charge is 0.191 e. The largest absolute Gasteiger partial charge is 0.357 e. The number of nitrogens with one attached hydrogen (secondary N) is 2. The number of nitrogens with zero attached hydrogens (tertiary/aromatic N) is 3. The zero-order valence-corrected chi connectivity index (χ0v) is 17.1. The normalized spacial score (nSPS) is 16.2. The molecule has 1 aromatic heterocycles. The second kappa shape index (κ2) is 11.5. The number of hydrogen-bond acceptors (Lipinski definition) is 4. The monoisotopic (exact) mass is 365 g/mol. The highest BCUT2D eigenvalue weighted by molar-refractivity contribution is 7.11. The molecule has 0 radical (unpaired) electrons. The number of likely N-dealkylation sites (tertiary alicyclic amines) is 1. The van der Waals surface area contributed by atoms with Gasteiger partial charge in [0.15, 0.2) is 5.96 Å². The summed E-state index contributed by atoms with van der Waals surface area (Å²) < 4.78 is 0. The molecule has 0 aromatic carbocycles. The van der Waals surface area contributed by atoms with E-state index in [-0.39, 0.29) is 0 Å². The lowest BCUT2D eigenvalue weighted by Gasteiger charge is -2.26. The minimum Gasteiger partial charge on any atom is -0.357 e. The lowest BCUT2D eigenvalue weighted by Crippen LogP contribution is -2.37. The molecular weight excluding hydrogens is 330 g/mol. The van der Waals surface area contributed by atoms with Crippen LogP contribution in [0.1, 0.15) is 61.0 Å². The Morgan fingerprint density at radius 1 is 1.12 bits per heavy atom. The second-order valence-electron chi connectivity index (χ2n) is 6.83. The average molecular weight is 366 g/mol. The van der Waals surface area contributed by atoms with Gasteiger partial charge in [0.2, 0.25) is 0 Å². The minimum atomic E-state index is 0.710. The molecule has 1 fully saturated rings. The third-order valence-corrected chi connectivity index (χ3v) is 5.67. The van der Waals surface area contributed by atoms with E-state index in [4.69, 9.17) is 4.99 Å². The fraction of sp³-hybridized carbons (Fsp3) is 0.789. The van der Waals surface area contributed by atoms with E-state index in [1.54, 1.807) is 11.3 Å². The molecule has 1 aliphatic heterocycles. The lowest BCUT2D eigenvalue weighted by atomic mass is 10.1. The molecule has 2 rings (SSSR count). The molecule has 25 heavy (non-hydrogen) atoms. The quantitative estimate of drug-likeness (QED) is 0.400. The third kappa shape index (κ3) is 7.74. The van der Waals surface area contributed by atoms with Crippen molar-refractivity contribution in [3.05, 3.63) is 15.6 Å². The maximum atomic E-state index is 4.71. The predicted octanol–water partition coefficient (Wildman–Crippen LogP) is 3.47. The van der Waals surface area contributed by atoms with Gasteiger partial charge in [-0.1, -0.05) is 12.8 Å². The summed E-state index contributed by atoms with van der Waals surface area (Å²) >= 11 is 1.74. The van der Waals surface area contributed by atoms with Gasteiger partial charge in [0.05, 0.1) is 17.2 Å². The number of hydrogen-bond donors (Lipinski definition) is 2. The molecule has 0 aliphatic carbocycles. The summed E-state index contributed by atoms with van der Waals surface area (Å²) in [6.45, 7) is 12.7. The number of piperidine rings is 1. The maximum absolute atomic E-state index is 4.71. The van der Waals surface area contributed by atoms with Crippen molar-refractivity contribution >= 4 is 17.3 Å². The topological polar surface area (TPSA) is 52.6 Å². The molecule has 1 aliphatic rings. The molecular formula is C19H35N5S. The molecule has 0 bridgehead atoms. The molecule has 5 nitrogen and oxygen atoms in total. The summed E-state index contributed by atoms with van der Waals surface area (Å²) in [7, 11) is 0. The Morgan fingerprint density at radius 3 is 2.60 bits per heavy atom. The average Bonchev–Trinajstić information content (AvgIpc) is 2.94. The fourth-order valence-corrected chi connectivity index (χ4v) is 4.10. The zero-order chi connectivity index (χ0) is 17.9. The van der Waals surface area contributed by atoms with E-state index >= 15 is 0 Å². The summed E-state index contributed by atoms with van der Waals surface area (Å²) in [5, 5.41) is 7.92. The van der Waals surface area contributed by atoms with Gasteiger partial charge < -0.3 is 15.5 Å². The number of guanidine groups is 1. The SMILES string of the molecule is CCNC(=NCc1sc(C)nc1C)NCCCCCN1CCCCC1. The number of rotatable bonds is 9. The van der Waals surface area contributed by atoms with Crippen LogP contribution in [0.25, 0.3) is 0 Å². The van der Waals surface area contributed by atoms with Gasteiger partial charge in [-0.15, -0.1) is 11.3 Å². The number of thiazole rings is 1. The van der Waals surface area contributed by atoms with Crippen LogP contribution in [0.2, 0.25) is 0 Å². The summed E-state index contributed by atoms with van der Waals surface area (Å²) in [5.74, 6) is 0.920. The predicted molar refractivity (Wildman–Crippen MR) is 109 cm³/mol. The van der Waals surface area contributed by atoms with Crippen molar-refractivity contribution in [2.45, 2.75) is 65.8 Å². The molecule has 0 atom stereocenters. The molecule has 6 heteroatoms. The summed E-state index contributed by atoms with van der Waals surface area (Å²) in [5.41, 5.74) is 1.11. The van der Waals surface area contributed by atoms with Gasteiger partial charge in [-0.05, 0) is 66.1 Å². The lowest BCUT2D eigenvalue weighted by molar-refractivity contribution is 0.224. The van der Waals surface area contributed by atoms with Crippen molar-refractivity contribution in [2.24, 2.45) is 4.99 Å². The van der Waals surface area contributed by atoms with Crippen molar-refractivity contribution < 1.29 is 0 Å². The first-order chi connectivity index (χ1) is 12.2. The first-order valence-electron chi connectivity index (χ1n) is 9.86. The standard InChI is InChI=1S/C19H35N5S/c1-4-20-19(22-15-18-16(2)23-17(3)25-18)21-11-7-5-8-12-24-13-9-6-10-14-24/h4-15H2,1-3H3,(H2,20,21,22). The van der Waals surface area contributed by atoms with Gasteiger partial charge in [0.1, 0.15) is 0 Å².